The van der Waals surface area contributed by atoms with Crippen molar-refractivity contribution in [2.75, 3.05) is 19.7 Å². The zero-order valence-corrected chi connectivity index (χ0v) is 13.4. The van der Waals surface area contributed by atoms with Crippen molar-refractivity contribution in [3.8, 4) is 0 Å². The lowest BCUT2D eigenvalue weighted by atomic mass is 9.79. The Balaban J connectivity index is 1.73. The highest BCUT2D eigenvalue weighted by molar-refractivity contribution is 6.37. The van der Waals surface area contributed by atoms with Crippen molar-refractivity contribution < 1.29 is 19.5 Å². The number of aliphatic hydroxyl groups is 1. The molecule has 2 unspecified atom stereocenters. The summed E-state index contributed by atoms with van der Waals surface area (Å²) in [7, 11) is 0. The molecule has 1 saturated heterocycles. The molecule has 124 valence electrons. The average molecular weight is 318 g/mol. The summed E-state index contributed by atoms with van der Waals surface area (Å²) in [5.74, 6) is -2.39. The number of hydrogen-bond donors (Lipinski definition) is 1. The standard InChI is InChI=1S/C17H22N2O4/c1-3-22-16(20)15-14-12(2)9-19(11-17(14,21)23-18-15)10-13-7-5-4-6-8-13/h4-8,12,14,21H,3,9-11H2,1-2H3/t12-,14?,17?/m0/s1. The molecule has 6 heteroatoms. The van der Waals surface area contributed by atoms with Crippen LogP contribution in [0.3, 0.4) is 0 Å². The van der Waals surface area contributed by atoms with Crippen molar-refractivity contribution >= 4 is 11.7 Å². The van der Waals surface area contributed by atoms with E-state index in [-0.39, 0.29) is 18.2 Å². The van der Waals surface area contributed by atoms with Gasteiger partial charge in [0.25, 0.3) is 5.79 Å². The maximum absolute atomic E-state index is 12.0. The Morgan fingerprint density at radius 2 is 2.22 bits per heavy atom. The number of β-amino-alcohol motifs (C(OH)–C–C–N with tert-alkyl or cyclic N) is 1. The number of carbonyl (C=O) groups is 1. The Bertz CT molecular complexity index is 604. The van der Waals surface area contributed by atoms with Crippen molar-refractivity contribution in [3.63, 3.8) is 0 Å². The second-order valence-electron chi connectivity index (χ2n) is 6.24. The molecule has 3 atom stereocenters. The highest BCUT2D eigenvalue weighted by atomic mass is 16.7. The van der Waals surface area contributed by atoms with Gasteiger partial charge in [-0.15, -0.1) is 0 Å². The fourth-order valence-electron chi connectivity index (χ4n) is 3.53. The molecule has 0 amide bonds. The minimum absolute atomic E-state index is 0.0307. The first-order chi connectivity index (χ1) is 11.0. The number of ether oxygens (including phenoxy) is 1. The lowest BCUT2D eigenvalue weighted by Gasteiger charge is -2.42. The van der Waals surface area contributed by atoms with Gasteiger partial charge in [-0.1, -0.05) is 42.4 Å². The number of likely N-dealkylation sites (tertiary alicyclic amines) is 1. The van der Waals surface area contributed by atoms with Crippen LogP contribution in [0, 0.1) is 11.8 Å². The molecule has 0 aliphatic carbocycles. The first-order valence-electron chi connectivity index (χ1n) is 7.95. The van der Waals surface area contributed by atoms with Crippen LogP contribution in [0.25, 0.3) is 0 Å². The van der Waals surface area contributed by atoms with E-state index >= 15 is 0 Å². The molecular weight excluding hydrogens is 296 g/mol. The summed E-state index contributed by atoms with van der Waals surface area (Å²) >= 11 is 0. The number of rotatable bonds is 4. The first kappa shape index (κ1) is 16.0. The van der Waals surface area contributed by atoms with Gasteiger partial charge in [0.2, 0.25) is 0 Å². The number of hydrogen-bond acceptors (Lipinski definition) is 6. The molecule has 2 aliphatic heterocycles. The fourth-order valence-corrected chi connectivity index (χ4v) is 3.53. The van der Waals surface area contributed by atoms with Crippen LogP contribution in [-0.2, 0) is 20.9 Å². The van der Waals surface area contributed by atoms with Gasteiger partial charge in [0.05, 0.1) is 19.1 Å². The number of piperidine rings is 1. The summed E-state index contributed by atoms with van der Waals surface area (Å²) in [6, 6.07) is 10.1. The van der Waals surface area contributed by atoms with E-state index in [1.807, 2.05) is 25.1 Å². The third-order valence-electron chi connectivity index (χ3n) is 4.38. The summed E-state index contributed by atoms with van der Waals surface area (Å²) in [5, 5.41) is 14.7. The second kappa shape index (κ2) is 6.29. The monoisotopic (exact) mass is 318 g/mol. The second-order valence-corrected chi connectivity index (χ2v) is 6.24. The average Bonchev–Trinajstić information content (AvgIpc) is 2.86. The van der Waals surface area contributed by atoms with E-state index < -0.39 is 17.7 Å². The van der Waals surface area contributed by atoms with Crippen molar-refractivity contribution in [1.29, 1.82) is 0 Å². The number of oxime groups is 1. The molecule has 0 spiro atoms. The number of carbonyl (C=O) groups excluding carboxylic acids is 1. The third kappa shape index (κ3) is 3.09. The maximum atomic E-state index is 12.0. The number of esters is 1. The Kier molecular flexibility index (Phi) is 4.37. The molecule has 1 N–H and O–H groups in total. The van der Waals surface area contributed by atoms with Crippen LogP contribution in [0.15, 0.2) is 35.5 Å². The number of nitrogens with zero attached hydrogens (tertiary/aromatic N) is 2. The molecule has 23 heavy (non-hydrogen) atoms. The molecule has 0 aromatic heterocycles. The maximum Gasteiger partial charge on any atom is 0.356 e. The van der Waals surface area contributed by atoms with Crippen LogP contribution in [-0.4, -0.2) is 47.2 Å². The summed E-state index contributed by atoms with van der Waals surface area (Å²) in [6.07, 6.45) is 0. The zero-order chi connectivity index (χ0) is 16.4. The predicted octanol–water partition coefficient (Wildman–Crippen LogP) is 1.39. The van der Waals surface area contributed by atoms with Gasteiger partial charge < -0.3 is 14.7 Å². The van der Waals surface area contributed by atoms with Crippen LogP contribution in [0.2, 0.25) is 0 Å². The molecule has 3 rings (SSSR count). The zero-order valence-electron chi connectivity index (χ0n) is 13.4. The van der Waals surface area contributed by atoms with E-state index in [1.54, 1.807) is 6.92 Å². The summed E-state index contributed by atoms with van der Waals surface area (Å²) in [4.78, 5) is 19.4. The van der Waals surface area contributed by atoms with Crippen molar-refractivity contribution in [3.05, 3.63) is 35.9 Å². The van der Waals surface area contributed by atoms with Crippen LogP contribution in [0.4, 0.5) is 0 Å². The summed E-state index contributed by atoms with van der Waals surface area (Å²) in [6.45, 7) is 5.80. The smallest absolute Gasteiger partial charge is 0.356 e. The van der Waals surface area contributed by atoms with E-state index in [9.17, 15) is 9.90 Å². The molecular formula is C17H22N2O4. The summed E-state index contributed by atoms with van der Waals surface area (Å²) in [5.41, 5.74) is 1.37. The lowest BCUT2D eigenvalue weighted by Crippen LogP contribution is -2.58. The lowest BCUT2D eigenvalue weighted by molar-refractivity contribution is -0.241. The minimum Gasteiger partial charge on any atom is -0.461 e. The topological polar surface area (TPSA) is 71.4 Å². The predicted molar refractivity (Wildman–Crippen MR) is 84.5 cm³/mol. The molecule has 0 radical (unpaired) electrons. The highest BCUT2D eigenvalue weighted by Gasteiger charge is 2.56. The molecule has 2 aliphatic rings. The molecule has 2 heterocycles. The Hall–Kier alpha value is -1.92. The van der Waals surface area contributed by atoms with Crippen molar-refractivity contribution in [1.82, 2.24) is 4.90 Å². The Morgan fingerprint density at radius 3 is 2.91 bits per heavy atom. The van der Waals surface area contributed by atoms with Crippen molar-refractivity contribution in [2.45, 2.75) is 26.2 Å². The van der Waals surface area contributed by atoms with Gasteiger partial charge in [0, 0.05) is 13.1 Å². The van der Waals surface area contributed by atoms with E-state index in [0.717, 1.165) is 13.1 Å². The van der Waals surface area contributed by atoms with Crippen LogP contribution < -0.4 is 0 Å². The van der Waals surface area contributed by atoms with Gasteiger partial charge in [-0.05, 0) is 18.4 Å². The van der Waals surface area contributed by atoms with Crippen molar-refractivity contribution in [2.24, 2.45) is 17.0 Å². The minimum atomic E-state index is -1.46. The van der Waals surface area contributed by atoms with Gasteiger partial charge in [-0.2, -0.15) is 0 Å². The molecule has 0 saturated carbocycles. The molecule has 0 bridgehead atoms. The van der Waals surface area contributed by atoms with E-state index in [1.165, 1.54) is 5.56 Å². The van der Waals surface area contributed by atoms with E-state index in [0.29, 0.717) is 6.54 Å². The number of fused-ring (bicyclic) bond motifs is 1. The largest absolute Gasteiger partial charge is 0.461 e. The van der Waals surface area contributed by atoms with Gasteiger partial charge in [-0.3, -0.25) is 4.90 Å². The van der Waals surface area contributed by atoms with Gasteiger partial charge in [0.15, 0.2) is 5.71 Å². The van der Waals surface area contributed by atoms with Gasteiger partial charge in [-0.25, -0.2) is 4.79 Å². The fraction of sp³-hybridized carbons (Fsp3) is 0.529. The van der Waals surface area contributed by atoms with E-state index in [2.05, 4.69) is 22.2 Å². The quantitative estimate of drug-likeness (QED) is 0.850. The molecule has 1 fully saturated rings. The summed E-state index contributed by atoms with van der Waals surface area (Å²) < 4.78 is 5.02. The Labute approximate surface area is 135 Å². The normalized spacial score (nSPS) is 30.3. The third-order valence-corrected chi connectivity index (χ3v) is 4.38. The van der Waals surface area contributed by atoms with Crippen LogP contribution in [0.5, 0.6) is 0 Å². The first-order valence-corrected chi connectivity index (χ1v) is 7.95. The SMILES string of the molecule is CCOC(=O)C1=NOC2(O)CN(Cc3ccccc3)C[C@H](C)C12. The Morgan fingerprint density at radius 1 is 1.48 bits per heavy atom. The van der Waals surface area contributed by atoms with E-state index in [4.69, 9.17) is 9.57 Å². The van der Waals surface area contributed by atoms with Crippen LogP contribution in [0.1, 0.15) is 19.4 Å². The van der Waals surface area contributed by atoms with Crippen LogP contribution >= 0.6 is 0 Å². The highest BCUT2D eigenvalue weighted by Crippen LogP contribution is 2.39. The van der Waals surface area contributed by atoms with Gasteiger partial charge >= 0.3 is 5.97 Å². The van der Waals surface area contributed by atoms with Gasteiger partial charge in [0.1, 0.15) is 0 Å². The molecule has 1 aromatic rings. The molecule has 1 aromatic carbocycles. The number of benzene rings is 1. The molecule has 6 nitrogen and oxygen atoms in total.